The number of aryl methyl sites for hydroxylation is 2. The number of thiazole rings is 1. The second-order valence-electron chi connectivity index (χ2n) is 7.22. The molecule has 0 radical (unpaired) electrons. The molecule has 2 fully saturated rings. The Labute approximate surface area is 153 Å². The van der Waals surface area contributed by atoms with Gasteiger partial charge in [-0.2, -0.15) is 0 Å². The van der Waals surface area contributed by atoms with Crippen LogP contribution in [0.2, 0.25) is 0 Å². The van der Waals surface area contributed by atoms with Crippen molar-refractivity contribution in [3.05, 3.63) is 45.7 Å². The van der Waals surface area contributed by atoms with E-state index in [1.165, 1.54) is 0 Å². The Bertz CT molecular complexity index is 735. The summed E-state index contributed by atoms with van der Waals surface area (Å²) in [5, 5.41) is 3.17. The summed E-state index contributed by atoms with van der Waals surface area (Å²) >= 11 is 1.67. The first-order valence-corrected chi connectivity index (χ1v) is 9.80. The summed E-state index contributed by atoms with van der Waals surface area (Å²) in [7, 11) is 0. The zero-order chi connectivity index (χ0) is 17.3. The minimum Gasteiger partial charge on any atom is -0.371 e. The Morgan fingerprint density at radius 1 is 1.32 bits per heavy atom. The van der Waals surface area contributed by atoms with Gasteiger partial charge in [-0.1, -0.05) is 6.07 Å². The van der Waals surface area contributed by atoms with E-state index in [9.17, 15) is 0 Å². The van der Waals surface area contributed by atoms with Gasteiger partial charge >= 0.3 is 0 Å². The zero-order valence-electron chi connectivity index (χ0n) is 14.9. The molecule has 4 rings (SSSR count). The quantitative estimate of drug-likeness (QED) is 0.821. The van der Waals surface area contributed by atoms with Gasteiger partial charge in [0, 0.05) is 37.1 Å². The Balaban J connectivity index is 1.29. The fourth-order valence-electron chi connectivity index (χ4n) is 3.85. The lowest BCUT2D eigenvalue weighted by Gasteiger charge is -2.23. The van der Waals surface area contributed by atoms with E-state index in [-0.39, 0.29) is 11.7 Å². The summed E-state index contributed by atoms with van der Waals surface area (Å²) in [6, 6.07) is 6.23. The molecule has 2 aliphatic rings. The van der Waals surface area contributed by atoms with E-state index in [4.69, 9.17) is 9.47 Å². The molecule has 2 aromatic heterocycles. The predicted molar refractivity (Wildman–Crippen MR) is 97.6 cm³/mol. The first-order valence-electron chi connectivity index (χ1n) is 8.92. The number of aromatic nitrogens is 2. The van der Waals surface area contributed by atoms with Gasteiger partial charge in [-0.25, -0.2) is 4.98 Å². The van der Waals surface area contributed by atoms with Crippen LogP contribution in [0.15, 0.2) is 23.6 Å². The average molecular weight is 359 g/mol. The Hall–Kier alpha value is -1.34. The molecule has 5 nitrogen and oxygen atoms in total. The normalized spacial score (nSPS) is 26.7. The van der Waals surface area contributed by atoms with E-state index in [1.54, 1.807) is 11.3 Å². The molecule has 4 heterocycles. The maximum Gasteiger partial charge on any atom is 0.0901 e. The molecule has 6 heteroatoms. The van der Waals surface area contributed by atoms with Crippen LogP contribution in [0, 0.1) is 13.8 Å². The number of likely N-dealkylation sites (tertiary alicyclic amines) is 1. The molecule has 0 N–H and O–H groups in total. The maximum absolute atomic E-state index is 6.19. The van der Waals surface area contributed by atoms with Gasteiger partial charge in [0.15, 0.2) is 0 Å². The fraction of sp³-hybridized carbons (Fsp3) is 0.579. The van der Waals surface area contributed by atoms with Gasteiger partial charge in [0.2, 0.25) is 0 Å². The molecular weight excluding hydrogens is 334 g/mol. The third kappa shape index (κ3) is 4.08. The van der Waals surface area contributed by atoms with Crippen LogP contribution in [-0.2, 0) is 22.6 Å². The second kappa shape index (κ2) is 7.11. The first-order chi connectivity index (χ1) is 12.1. The summed E-state index contributed by atoms with van der Waals surface area (Å²) in [6.45, 7) is 8.28. The van der Waals surface area contributed by atoms with Crippen LogP contribution in [0.3, 0.4) is 0 Å². The van der Waals surface area contributed by atoms with Gasteiger partial charge in [0.05, 0.1) is 41.3 Å². The first kappa shape index (κ1) is 17.1. The number of hydrogen-bond donors (Lipinski definition) is 0. The van der Waals surface area contributed by atoms with Crippen LogP contribution in [0.1, 0.15) is 34.9 Å². The third-order valence-corrected chi connectivity index (χ3v) is 5.86. The van der Waals surface area contributed by atoms with Crippen molar-refractivity contribution < 1.29 is 9.47 Å². The Morgan fingerprint density at radius 3 is 3.04 bits per heavy atom. The van der Waals surface area contributed by atoms with Crippen molar-refractivity contribution in [3.63, 3.8) is 0 Å². The Morgan fingerprint density at radius 2 is 2.24 bits per heavy atom. The van der Waals surface area contributed by atoms with Crippen LogP contribution in [0.25, 0.3) is 0 Å². The van der Waals surface area contributed by atoms with Gasteiger partial charge in [-0.3, -0.25) is 9.88 Å². The zero-order valence-corrected chi connectivity index (χ0v) is 15.7. The van der Waals surface area contributed by atoms with E-state index >= 15 is 0 Å². The van der Waals surface area contributed by atoms with Gasteiger partial charge in [0.1, 0.15) is 0 Å². The average Bonchev–Trinajstić information content (AvgIpc) is 3.28. The van der Waals surface area contributed by atoms with Gasteiger partial charge in [-0.05, 0) is 32.4 Å². The van der Waals surface area contributed by atoms with Crippen LogP contribution in [0.5, 0.6) is 0 Å². The summed E-state index contributed by atoms with van der Waals surface area (Å²) < 4.78 is 12.2. The number of pyridine rings is 1. The maximum atomic E-state index is 6.19. The van der Waals surface area contributed by atoms with Crippen molar-refractivity contribution in [2.24, 2.45) is 0 Å². The summed E-state index contributed by atoms with van der Waals surface area (Å²) in [5.41, 5.74) is 3.21. The number of nitrogens with zero attached hydrogens (tertiary/aromatic N) is 3. The highest BCUT2D eigenvalue weighted by Crippen LogP contribution is 2.36. The molecule has 0 aliphatic carbocycles. The van der Waals surface area contributed by atoms with Crippen LogP contribution in [-0.4, -0.2) is 46.3 Å². The van der Waals surface area contributed by atoms with E-state index in [0.717, 1.165) is 54.6 Å². The second-order valence-corrected chi connectivity index (χ2v) is 8.28. The standard InChI is InChI=1S/C19H25N3O2S/c1-14-4-3-5-16(20-14)9-22-7-6-19(13-22)8-18(11-24-19)23-10-17-12-25-15(2)21-17/h3-5,12,18H,6-11,13H2,1-2H3/t18-,19+/m1/s1. The van der Waals surface area contributed by atoms with E-state index in [0.29, 0.717) is 13.2 Å². The summed E-state index contributed by atoms with van der Waals surface area (Å²) in [6.07, 6.45) is 2.24. The predicted octanol–water partition coefficient (Wildman–Crippen LogP) is 3.11. The van der Waals surface area contributed by atoms with E-state index < -0.39 is 0 Å². The van der Waals surface area contributed by atoms with Crippen LogP contribution in [0.4, 0.5) is 0 Å². The van der Waals surface area contributed by atoms with Crippen molar-refractivity contribution in [2.75, 3.05) is 19.7 Å². The largest absolute Gasteiger partial charge is 0.371 e. The minimum absolute atomic E-state index is 0.0352. The Kier molecular flexibility index (Phi) is 4.86. The number of hydrogen-bond acceptors (Lipinski definition) is 6. The van der Waals surface area contributed by atoms with Crippen molar-refractivity contribution in [1.29, 1.82) is 0 Å². The molecule has 0 saturated carbocycles. The highest BCUT2D eigenvalue weighted by atomic mass is 32.1. The number of ether oxygens (including phenoxy) is 2. The molecule has 0 bridgehead atoms. The molecule has 0 aromatic carbocycles. The highest BCUT2D eigenvalue weighted by Gasteiger charge is 2.45. The SMILES string of the molecule is Cc1cccc(CN2CC[C@]3(C[C@@H](OCc4csc(C)n4)CO3)C2)n1. The van der Waals surface area contributed by atoms with Crippen molar-refractivity contribution in [3.8, 4) is 0 Å². The van der Waals surface area contributed by atoms with Crippen molar-refractivity contribution in [1.82, 2.24) is 14.9 Å². The molecular formula is C19H25N3O2S. The van der Waals surface area contributed by atoms with Gasteiger partial charge < -0.3 is 9.47 Å². The fourth-order valence-corrected chi connectivity index (χ4v) is 4.45. The highest BCUT2D eigenvalue weighted by molar-refractivity contribution is 7.09. The molecule has 2 atom stereocenters. The lowest BCUT2D eigenvalue weighted by atomic mass is 9.98. The topological polar surface area (TPSA) is 47.5 Å². The van der Waals surface area contributed by atoms with Gasteiger partial charge in [0.25, 0.3) is 0 Å². The number of rotatable bonds is 5. The molecule has 1 spiro atoms. The molecule has 134 valence electrons. The van der Waals surface area contributed by atoms with Crippen LogP contribution < -0.4 is 0 Å². The van der Waals surface area contributed by atoms with Crippen molar-refractivity contribution >= 4 is 11.3 Å². The molecule has 0 unspecified atom stereocenters. The lowest BCUT2D eigenvalue weighted by molar-refractivity contribution is -0.000797. The smallest absolute Gasteiger partial charge is 0.0901 e. The van der Waals surface area contributed by atoms with Crippen molar-refractivity contribution in [2.45, 2.75) is 51.5 Å². The minimum atomic E-state index is -0.0352. The monoisotopic (exact) mass is 359 g/mol. The molecule has 0 amide bonds. The summed E-state index contributed by atoms with van der Waals surface area (Å²) in [5.74, 6) is 0. The molecule has 2 saturated heterocycles. The van der Waals surface area contributed by atoms with Gasteiger partial charge in [-0.15, -0.1) is 11.3 Å². The summed E-state index contributed by atoms with van der Waals surface area (Å²) in [4.78, 5) is 11.5. The molecule has 2 aliphatic heterocycles. The van der Waals surface area contributed by atoms with E-state index in [1.807, 2.05) is 19.9 Å². The molecule has 25 heavy (non-hydrogen) atoms. The van der Waals surface area contributed by atoms with Crippen LogP contribution >= 0.6 is 11.3 Å². The molecule has 2 aromatic rings. The lowest BCUT2D eigenvalue weighted by Crippen LogP contribution is -2.33. The van der Waals surface area contributed by atoms with E-state index in [2.05, 4.69) is 32.4 Å². The third-order valence-electron chi connectivity index (χ3n) is 5.04.